The van der Waals surface area contributed by atoms with Gasteiger partial charge < -0.3 is 13.9 Å². The minimum atomic E-state index is -0.876. The zero-order chi connectivity index (χ0) is 24.7. The first kappa shape index (κ1) is 22.3. The second-order valence-electron chi connectivity index (χ2n) is 8.10. The summed E-state index contributed by atoms with van der Waals surface area (Å²) in [5.74, 6) is 0.0420. The van der Waals surface area contributed by atoms with Crippen molar-refractivity contribution < 1.29 is 23.1 Å². The first-order chi connectivity index (χ1) is 16.9. The zero-order valence-electron chi connectivity index (χ0n) is 19.1. The van der Waals surface area contributed by atoms with E-state index in [2.05, 4.69) is 11.6 Å². The smallest absolute Gasteiger partial charge is 0.296 e. The van der Waals surface area contributed by atoms with Crippen LogP contribution in [0.25, 0.3) is 11.0 Å². The Balaban J connectivity index is 1.76. The van der Waals surface area contributed by atoms with Crippen molar-refractivity contribution in [2.45, 2.75) is 13.0 Å². The van der Waals surface area contributed by atoms with Crippen LogP contribution in [0.2, 0.25) is 0 Å². The molecule has 8 heteroatoms. The number of nitrogens with zero attached hydrogens (tertiary/aromatic N) is 2. The molecule has 7 nitrogen and oxygen atoms in total. The van der Waals surface area contributed by atoms with Gasteiger partial charge in [-0.05, 0) is 54.4 Å². The molecular weight excluding hydrogens is 451 g/mol. The van der Waals surface area contributed by atoms with Crippen LogP contribution in [-0.2, 0) is 0 Å². The van der Waals surface area contributed by atoms with Crippen LogP contribution in [0.1, 0.15) is 33.3 Å². The minimum absolute atomic E-state index is 0.0539. The van der Waals surface area contributed by atoms with Crippen molar-refractivity contribution >= 4 is 22.7 Å². The summed E-state index contributed by atoms with van der Waals surface area (Å²) in [6.07, 6.45) is 3.25. The van der Waals surface area contributed by atoms with Gasteiger partial charge in [0.2, 0.25) is 5.76 Å². The molecule has 0 saturated heterocycles. The quantitative estimate of drug-likeness (QED) is 0.369. The van der Waals surface area contributed by atoms with Crippen molar-refractivity contribution in [3.8, 4) is 11.5 Å². The lowest BCUT2D eigenvalue weighted by Gasteiger charge is -2.25. The van der Waals surface area contributed by atoms with Crippen LogP contribution in [0, 0.1) is 12.7 Å². The van der Waals surface area contributed by atoms with Crippen molar-refractivity contribution in [1.82, 2.24) is 4.98 Å². The Morgan fingerprint density at radius 1 is 1.14 bits per heavy atom. The van der Waals surface area contributed by atoms with E-state index in [0.717, 1.165) is 11.6 Å². The van der Waals surface area contributed by atoms with Gasteiger partial charge in [-0.15, -0.1) is 0 Å². The van der Waals surface area contributed by atoms with Crippen LogP contribution in [0.4, 0.5) is 10.2 Å². The van der Waals surface area contributed by atoms with Crippen LogP contribution >= 0.6 is 0 Å². The Labute approximate surface area is 200 Å². The predicted octanol–water partition coefficient (Wildman–Crippen LogP) is 4.96. The topological polar surface area (TPSA) is 81.9 Å². The number of rotatable bonds is 6. The largest absolute Gasteiger partial charge is 0.493 e. The lowest BCUT2D eigenvalue weighted by atomic mass is 9.98. The molecule has 0 bridgehead atoms. The average Bonchev–Trinajstić information content (AvgIpc) is 3.16. The molecule has 0 N–H and O–H groups in total. The third kappa shape index (κ3) is 3.73. The van der Waals surface area contributed by atoms with Crippen molar-refractivity contribution in [1.29, 1.82) is 0 Å². The highest BCUT2D eigenvalue weighted by molar-refractivity contribution is 6.10. The molecular formula is C27H21FN2O5. The Bertz CT molecular complexity index is 1530. The standard InChI is InChI=1S/C27H21FN2O5/c1-4-11-34-20-8-6-16(12-21(20)33-3)24-23-25(31)18-13-17(28)7-9-19(18)35-26(23)27(32)30(24)22-10-5-15(2)14-29-22/h4-10,12-14,24H,1,11H2,2-3H3/t24-/m0/s1. The highest BCUT2D eigenvalue weighted by Crippen LogP contribution is 2.42. The number of ether oxygens (including phenoxy) is 2. The second-order valence-corrected chi connectivity index (χ2v) is 8.10. The lowest BCUT2D eigenvalue weighted by molar-refractivity contribution is 0.0970. The van der Waals surface area contributed by atoms with E-state index >= 15 is 0 Å². The van der Waals surface area contributed by atoms with Gasteiger partial charge in [-0.2, -0.15) is 0 Å². The van der Waals surface area contributed by atoms with Crippen LogP contribution in [0.3, 0.4) is 0 Å². The summed E-state index contributed by atoms with van der Waals surface area (Å²) >= 11 is 0. The Kier molecular flexibility index (Phi) is 5.56. The fraction of sp³-hybridized carbons (Fsp3) is 0.148. The van der Waals surface area contributed by atoms with Gasteiger partial charge in [-0.3, -0.25) is 14.5 Å². The SMILES string of the molecule is C=CCOc1ccc([C@H]2c3c(oc4ccc(F)cc4c3=O)C(=O)N2c2ccc(C)cn2)cc1OC. The third-order valence-electron chi connectivity index (χ3n) is 5.83. The van der Waals surface area contributed by atoms with E-state index in [1.54, 1.807) is 36.5 Å². The number of carbonyl (C=O) groups excluding carboxylic acids is 1. The summed E-state index contributed by atoms with van der Waals surface area (Å²) < 4.78 is 31.0. The number of methoxy groups -OCH3 is 1. The number of hydrogen-bond donors (Lipinski definition) is 0. The molecule has 1 aliphatic heterocycles. The van der Waals surface area contributed by atoms with E-state index in [1.165, 1.54) is 24.1 Å². The summed E-state index contributed by atoms with van der Waals surface area (Å²) in [5.41, 5.74) is 1.24. The number of aryl methyl sites for hydroxylation is 1. The maximum absolute atomic E-state index is 14.0. The maximum Gasteiger partial charge on any atom is 0.296 e. The molecule has 3 heterocycles. The summed E-state index contributed by atoms with van der Waals surface area (Å²) in [6, 6.07) is 11.4. The first-order valence-electron chi connectivity index (χ1n) is 10.9. The van der Waals surface area contributed by atoms with Gasteiger partial charge in [0.05, 0.1) is 24.1 Å². The molecule has 1 aliphatic rings. The normalized spacial score (nSPS) is 14.8. The number of benzene rings is 2. The number of amides is 1. The van der Waals surface area contributed by atoms with Gasteiger partial charge in [0.15, 0.2) is 16.9 Å². The van der Waals surface area contributed by atoms with E-state index in [1.807, 2.05) is 13.0 Å². The number of carbonyl (C=O) groups is 1. The average molecular weight is 472 g/mol. The van der Waals surface area contributed by atoms with Crippen LogP contribution in [0.5, 0.6) is 11.5 Å². The molecule has 4 aromatic rings. The third-order valence-corrected chi connectivity index (χ3v) is 5.83. The molecule has 2 aromatic carbocycles. The fourth-order valence-corrected chi connectivity index (χ4v) is 4.22. The first-order valence-corrected chi connectivity index (χ1v) is 10.9. The van der Waals surface area contributed by atoms with E-state index in [-0.39, 0.29) is 28.9 Å². The molecule has 0 aliphatic carbocycles. The van der Waals surface area contributed by atoms with Gasteiger partial charge in [-0.1, -0.05) is 24.8 Å². The number of fused-ring (bicyclic) bond motifs is 2. The Hall–Kier alpha value is -4.46. The molecule has 5 rings (SSSR count). The minimum Gasteiger partial charge on any atom is -0.493 e. The summed E-state index contributed by atoms with van der Waals surface area (Å²) in [7, 11) is 1.50. The molecule has 0 radical (unpaired) electrons. The van der Waals surface area contributed by atoms with Gasteiger partial charge in [0.25, 0.3) is 5.91 Å². The van der Waals surface area contributed by atoms with Gasteiger partial charge in [0, 0.05) is 6.20 Å². The molecule has 0 unspecified atom stereocenters. The highest BCUT2D eigenvalue weighted by Gasteiger charge is 2.44. The van der Waals surface area contributed by atoms with Gasteiger partial charge in [-0.25, -0.2) is 9.37 Å². The molecule has 1 atom stereocenters. The Morgan fingerprint density at radius 2 is 1.97 bits per heavy atom. The molecule has 0 fully saturated rings. The summed E-state index contributed by atoms with van der Waals surface area (Å²) in [5, 5.41) is 0.0539. The number of aromatic nitrogens is 1. The molecule has 176 valence electrons. The highest BCUT2D eigenvalue weighted by atomic mass is 19.1. The van der Waals surface area contributed by atoms with E-state index < -0.39 is 23.2 Å². The number of halogens is 1. The molecule has 2 aromatic heterocycles. The van der Waals surface area contributed by atoms with Crippen LogP contribution in [-0.4, -0.2) is 24.6 Å². The lowest BCUT2D eigenvalue weighted by Crippen LogP contribution is -2.30. The molecule has 35 heavy (non-hydrogen) atoms. The number of anilines is 1. The summed E-state index contributed by atoms with van der Waals surface area (Å²) in [4.78, 5) is 33.0. The molecule has 0 spiro atoms. The van der Waals surface area contributed by atoms with E-state index in [0.29, 0.717) is 22.9 Å². The predicted molar refractivity (Wildman–Crippen MR) is 129 cm³/mol. The molecule has 1 amide bonds. The molecule has 0 saturated carbocycles. The van der Waals surface area contributed by atoms with Gasteiger partial charge in [0.1, 0.15) is 23.8 Å². The van der Waals surface area contributed by atoms with Crippen molar-refractivity contribution in [3.05, 3.63) is 106 Å². The monoisotopic (exact) mass is 472 g/mol. The summed E-state index contributed by atoms with van der Waals surface area (Å²) in [6.45, 7) is 5.81. The zero-order valence-corrected chi connectivity index (χ0v) is 19.1. The van der Waals surface area contributed by atoms with Gasteiger partial charge >= 0.3 is 0 Å². The van der Waals surface area contributed by atoms with Crippen LogP contribution < -0.4 is 19.8 Å². The van der Waals surface area contributed by atoms with E-state index in [4.69, 9.17) is 13.9 Å². The number of hydrogen-bond acceptors (Lipinski definition) is 6. The van der Waals surface area contributed by atoms with Crippen LogP contribution in [0.15, 0.2) is 76.6 Å². The van der Waals surface area contributed by atoms with Crippen molar-refractivity contribution in [2.75, 3.05) is 18.6 Å². The fourth-order valence-electron chi connectivity index (χ4n) is 4.22. The number of pyridine rings is 1. The second kappa shape index (κ2) is 8.72. The maximum atomic E-state index is 14.0. The van der Waals surface area contributed by atoms with Crippen molar-refractivity contribution in [3.63, 3.8) is 0 Å². The Morgan fingerprint density at radius 3 is 2.69 bits per heavy atom. The van der Waals surface area contributed by atoms with E-state index in [9.17, 15) is 14.0 Å². The van der Waals surface area contributed by atoms with Crippen molar-refractivity contribution in [2.24, 2.45) is 0 Å².